The van der Waals surface area contributed by atoms with Gasteiger partial charge in [0.1, 0.15) is 6.54 Å². The predicted molar refractivity (Wildman–Crippen MR) is 117 cm³/mol. The van der Waals surface area contributed by atoms with Crippen LogP contribution in [0, 0.1) is 10.1 Å². The molecule has 0 aliphatic heterocycles. The molecule has 0 N–H and O–H groups in total. The molecule has 0 aliphatic rings. The number of esters is 1. The van der Waals surface area contributed by atoms with Crippen LogP contribution in [0.1, 0.15) is 17.3 Å². The van der Waals surface area contributed by atoms with Crippen molar-refractivity contribution in [1.29, 1.82) is 0 Å². The molecule has 4 rings (SSSR count). The minimum Gasteiger partial charge on any atom is -0.465 e. The smallest absolute Gasteiger partial charge is 0.326 e. The lowest BCUT2D eigenvalue weighted by molar-refractivity contribution is -0.384. The lowest BCUT2D eigenvalue weighted by Crippen LogP contribution is -2.23. The fourth-order valence-corrected chi connectivity index (χ4v) is 4.23. The van der Waals surface area contributed by atoms with Gasteiger partial charge in [0, 0.05) is 17.7 Å². The summed E-state index contributed by atoms with van der Waals surface area (Å²) in [5.74, 6) is -0.988. The van der Waals surface area contributed by atoms with Gasteiger partial charge in [-0.25, -0.2) is 0 Å². The van der Waals surface area contributed by atoms with Crippen molar-refractivity contribution in [3.05, 3.63) is 81.1 Å². The Hall–Kier alpha value is -3.85. The molecule has 8 nitrogen and oxygen atoms in total. The standard InChI is InChI=1S/C22H17N3O5S/c1-2-30-20(26)13-24-18-12-17(25(28)29)9-10-19(18)31-22(24)23-21(27)16-8-7-14-5-3-4-6-15(14)11-16/h3-12H,2,13H2,1H3. The van der Waals surface area contributed by atoms with Crippen LogP contribution in [-0.2, 0) is 16.1 Å². The number of carbonyl (C=O) groups excluding carboxylic acids is 2. The summed E-state index contributed by atoms with van der Waals surface area (Å²) in [6, 6.07) is 17.3. The first-order chi connectivity index (χ1) is 15.0. The van der Waals surface area contributed by atoms with Crippen molar-refractivity contribution in [2.75, 3.05) is 6.61 Å². The number of hydrogen-bond donors (Lipinski definition) is 0. The number of nitro groups is 1. The maximum atomic E-state index is 12.9. The van der Waals surface area contributed by atoms with Gasteiger partial charge in [0.15, 0.2) is 4.80 Å². The van der Waals surface area contributed by atoms with Crippen molar-refractivity contribution in [2.24, 2.45) is 4.99 Å². The van der Waals surface area contributed by atoms with Crippen LogP contribution in [0.5, 0.6) is 0 Å². The minimum absolute atomic E-state index is 0.115. The third-order valence-corrected chi connectivity index (χ3v) is 5.72. The second-order valence-corrected chi connectivity index (χ2v) is 7.67. The fourth-order valence-electron chi connectivity index (χ4n) is 3.22. The number of carbonyl (C=O) groups is 2. The lowest BCUT2D eigenvalue weighted by Gasteiger charge is -2.05. The highest BCUT2D eigenvalue weighted by molar-refractivity contribution is 7.16. The monoisotopic (exact) mass is 435 g/mol. The molecule has 0 aliphatic carbocycles. The second-order valence-electron chi connectivity index (χ2n) is 6.66. The van der Waals surface area contributed by atoms with Crippen LogP contribution < -0.4 is 4.80 Å². The van der Waals surface area contributed by atoms with E-state index in [0.717, 1.165) is 10.8 Å². The summed E-state index contributed by atoms with van der Waals surface area (Å²) in [4.78, 5) is 40.2. The van der Waals surface area contributed by atoms with E-state index in [9.17, 15) is 19.7 Å². The van der Waals surface area contributed by atoms with E-state index >= 15 is 0 Å². The van der Waals surface area contributed by atoms with Gasteiger partial charge in [-0.1, -0.05) is 41.7 Å². The molecule has 0 saturated carbocycles. The van der Waals surface area contributed by atoms with Gasteiger partial charge < -0.3 is 9.30 Å². The Bertz CT molecular complexity index is 1400. The maximum absolute atomic E-state index is 12.9. The van der Waals surface area contributed by atoms with Crippen LogP contribution in [0.2, 0.25) is 0 Å². The van der Waals surface area contributed by atoms with Crippen LogP contribution in [0.15, 0.2) is 65.7 Å². The summed E-state index contributed by atoms with van der Waals surface area (Å²) in [7, 11) is 0. The molecule has 3 aromatic carbocycles. The van der Waals surface area contributed by atoms with Crippen molar-refractivity contribution in [1.82, 2.24) is 4.57 Å². The molecule has 9 heteroatoms. The molecule has 1 amide bonds. The van der Waals surface area contributed by atoms with Crippen molar-refractivity contribution < 1.29 is 19.2 Å². The zero-order valence-corrected chi connectivity index (χ0v) is 17.3. The van der Waals surface area contributed by atoms with E-state index in [0.29, 0.717) is 15.8 Å². The number of nitro benzene ring substituents is 1. The van der Waals surface area contributed by atoms with Gasteiger partial charge >= 0.3 is 5.97 Å². The topological polar surface area (TPSA) is 104 Å². The molecular weight excluding hydrogens is 418 g/mol. The van der Waals surface area contributed by atoms with E-state index in [1.54, 1.807) is 25.1 Å². The molecule has 0 bridgehead atoms. The first-order valence-corrected chi connectivity index (χ1v) is 10.3. The predicted octanol–water partition coefficient (Wildman–Crippen LogP) is 4.07. The number of rotatable bonds is 5. The summed E-state index contributed by atoms with van der Waals surface area (Å²) in [6.07, 6.45) is 0. The Morgan fingerprint density at radius 3 is 2.61 bits per heavy atom. The van der Waals surface area contributed by atoms with Gasteiger partial charge in [0.25, 0.3) is 11.6 Å². The average molecular weight is 435 g/mol. The van der Waals surface area contributed by atoms with E-state index in [2.05, 4.69) is 4.99 Å². The molecule has 0 saturated heterocycles. The Labute approximate surface area is 180 Å². The molecule has 156 valence electrons. The number of ether oxygens (including phenoxy) is 1. The Morgan fingerprint density at radius 2 is 1.87 bits per heavy atom. The van der Waals surface area contributed by atoms with Crippen molar-refractivity contribution in [3.8, 4) is 0 Å². The van der Waals surface area contributed by atoms with Gasteiger partial charge in [-0.2, -0.15) is 4.99 Å². The first kappa shape index (κ1) is 20.4. The highest BCUT2D eigenvalue weighted by Gasteiger charge is 2.16. The number of aromatic nitrogens is 1. The number of nitrogens with zero attached hydrogens (tertiary/aromatic N) is 3. The van der Waals surface area contributed by atoms with Gasteiger partial charge in [0.05, 0.1) is 21.7 Å². The van der Waals surface area contributed by atoms with Gasteiger partial charge in [-0.15, -0.1) is 0 Å². The fraction of sp³-hybridized carbons (Fsp3) is 0.136. The molecule has 1 aromatic heterocycles. The van der Waals surface area contributed by atoms with Crippen molar-refractivity contribution in [2.45, 2.75) is 13.5 Å². The normalized spacial score (nSPS) is 11.7. The number of amides is 1. The summed E-state index contributed by atoms with van der Waals surface area (Å²) in [5.41, 5.74) is 0.734. The Morgan fingerprint density at radius 1 is 1.10 bits per heavy atom. The van der Waals surface area contributed by atoms with Gasteiger partial charge in [-0.3, -0.25) is 19.7 Å². The zero-order chi connectivity index (χ0) is 22.0. The second kappa shape index (κ2) is 8.49. The van der Waals surface area contributed by atoms with E-state index < -0.39 is 16.8 Å². The highest BCUT2D eigenvalue weighted by Crippen LogP contribution is 2.23. The number of non-ortho nitro benzene ring substituents is 1. The summed E-state index contributed by atoms with van der Waals surface area (Å²) < 4.78 is 7.16. The van der Waals surface area contributed by atoms with Crippen LogP contribution in [0.3, 0.4) is 0 Å². The number of fused-ring (bicyclic) bond motifs is 2. The largest absolute Gasteiger partial charge is 0.465 e. The minimum atomic E-state index is -0.520. The Kier molecular flexibility index (Phi) is 5.59. The molecule has 31 heavy (non-hydrogen) atoms. The number of thiazole rings is 1. The maximum Gasteiger partial charge on any atom is 0.326 e. The summed E-state index contributed by atoms with van der Waals surface area (Å²) in [6.45, 7) is 1.68. The third-order valence-electron chi connectivity index (χ3n) is 4.66. The van der Waals surface area contributed by atoms with E-state index in [-0.39, 0.29) is 23.6 Å². The molecule has 0 atom stereocenters. The highest BCUT2D eigenvalue weighted by atomic mass is 32.1. The molecule has 1 heterocycles. The van der Waals surface area contributed by atoms with Crippen LogP contribution in [0.25, 0.3) is 21.0 Å². The molecule has 0 radical (unpaired) electrons. The van der Waals surface area contributed by atoms with Crippen molar-refractivity contribution in [3.63, 3.8) is 0 Å². The lowest BCUT2D eigenvalue weighted by atomic mass is 10.1. The van der Waals surface area contributed by atoms with Crippen LogP contribution >= 0.6 is 11.3 Å². The van der Waals surface area contributed by atoms with E-state index in [1.807, 2.05) is 30.3 Å². The first-order valence-electron chi connectivity index (χ1n) is 9.47. The van der Waals surface area contributed by atoms with E-state index in [4.69, 9.17) is 4.74 Å². The van der Waals surface area contributed by atoms with E-state index in [1.165, 1.54) is 28.0 Å². The SMILES string of the molecule is CCOC(=O)Cn1c(=NC(=O)c2ccc3ccccc3c2)sc2ccc([N+](=O)[O-])cc21. The third kappa shape index (κ3) is 4.22. The Balaban J connectivity index is 1.83. The number of hydrogen-bond acceptors (Lipinski definition) is 6. The molecular formula is C22H17N3O5S. The van der Waals surface area contributed by atoms with Gasteiger partial charge in [-0.05, 0) is 35.9 Å². The van der Waals surface area contributed by atoms with Crippen LogP contribution in [0.4, 0.5) is 5.69 Å². The number of benzene rings is 3. The summed E-state index contributed by atoms with van der Waals surface area (Å²) in [5, 5.41) is 13.1. The zero-order valence-electron chi connectivity index (χ0n) is 16.5. The molecule has 0 fully saturated rings. The molecule has 0 spiro atoms. The van der Waals surface area contributed by atoms with Gasteiger partial charge in [0.2, 0.25) is 0 Å². The van der Waals surface area contributed by atoms with Crippen molar-refractivity contribution >= 4 is 49.9 Å². The quantitative estimate of drug-likeness (QED) is 0.267. The molecule has 0 unspecified atom stereocenters. The average Bonchev–Trinajstić information content (AvgIpc) is 3.09. The summed E-state index contributed by atoms with van der Waals surface area (Å²) >= 11 is 1.18. The van der Waals surface area contributed by atoms with Crippen LogP contribution in [-0.4, -0.2) is 28.0 Å². The molecule has 4 aromatic rings.